The van der Waals surface area contributed by atoms with Gasteiger partial charge in [-0.15, -0.1) is 0 Å². The lowest BCUT2D eigenvalue weighted by molar-refractivity contribution is -0.137. The minimum absolute atomic E-state index is 0.0127. The van der Waals surface area contributed by atoms with Crippen LogP contribution in [0.25, 0.3) is 5.57 Å². The third-order valence-corrected chi connectivity index (χ3v) is 3.83. The molecule has 146 valence electrons. The van der Waals surface area contributed by atoms with Gasteiger partial charge in [-0.2, -0.15) is 13.2 Å². The summed E-state index contributed by atoms with van der Waals surface area (Å²) in [5.74, 6) is -1.21. The summed E-state index contributed by atoms with van der Waals surface area (Å²) in [7, 11) is 0. The van der Waals surface area contributed by atoms with Gasteiger partial charge in [0.1, 0.15) is 0 Å². The Hall–Kier alpha value is -3.55. The average molecular weight is 389 g/mol. The van der Waals surface area contributed by atoms with Gasteiger partial charge in [-0.25, -0.2) is 0 Å². The molecular formula is C20H18F3N3O2. The van der Waals surface area contributed by atoms with Gasteiger partial charge in [-0.3, -0.25) is 9.59 Å². The molecule has 28 heavy (non-hydrogen) atoms. The number of hydrogen-bond acceptors (Lipinski definition) is 3. The predicted octanol–water partition coefficient (Wildman–Crippen LogP) is 3.94. The lowest BCUT2D eigenvalue weighted by Gasteiger charge is -2.15. The topological polar surface area (TPSA) is 84.2 Å². The molecule has 0 unspecified atom stereocenters. The number of carbonyl (C=O) groups excluding carboxylic acids is 2. The smallest absolute Gasteiger partial charge is 0.380 e. The number of nitrogens with one attached hydrogen (secondary N) is 2. The van der Waals surface area contributed by atoms with Crippen LogP contribution in [0.4, 0.5) is 24.5 Å². The van der Waals surface area contributed by atoms with Crippen LogP contribution in [-0.2, 0) is 22.3 Å². The van der Waals surface area contributed by atoms with E-state index in [9.17, 15) is 22.8 Å². The second-order valence-electron chi connectivity index (χ2n) is 5.85. The van der Waals surface area contributed by atoms with Gasteiger partial charge in [0.15, 0.2) is 0 Å². The van der Waals surface area contributed by atoms with Crippen LogP contribution in [0.1, 0.15) is 16.7 Å². The van der Waals surface area contributed by atoms with Gasteiger partial charge in [-0.05, 0) is 42.0 Å². The highest BCUT2D eigenvalue weighted by Crippen LogP contribution is 2.30. The van der Waals surface area contributed by atoms with Crippen molar-refractivity contribution in [1.29, 1.82) is 0 Å². The first-order chi connectivity index (χ1) is 13.1. The van der Waals surface area contributed by atoms with Gasteiger partial charge in [0, 0.05) is 29.1 Å². The van der Waals surface area contributed by atoms with E-state index in [4.69, 9.17) is 5.73 Å². The molecular weight excluding hydrogens is 371 g/mol. The molecule has 0 atom stereocenters. The molecule has 0 aliphatic rings. The summed E-state index contributed by atoms with van der Waals surface area (Å²) < 4.78 is 38.5. The Bertz CT molecular complexity index is 937. The quantitative estimate of drug-likeness (QED) is 0.627. The third-order valence-electron chi connectivity index (χ3n) is 3.83. The number of alkyl halides is 3. The van der Waals surface area contributed by atoms with E-state index in [1.54, 1.807) is 18.2 Å². The van der Waals surface area contributed by atoms with Gasteiger partial charge < -0.3 is 16.4 Å². The maximum Gasteiger partial charge on any atom is 0.416 e. The maximum absolute atomic E-state index is 12.8. The fourth-order valence-electron chi connectivity index (χ4n) is 2.41. The van der Waals surface area contributed by atoms with Crippen LogP contribution in [0.3, 0.4) is 0 Å². The number of hydrogen-bond donors (Lipinski definition) is 3. The Labute approximate surface area is 159 Å². The summed E-state index contributed by atoms with van der Waals surface area (Å²) in [6.07, 6.45) is -3.35. The molecule has 0 aliphatic carbocycles. The predicted molar refractivity (Wildman–Crippen MR) is 102 cm³/mol. The van der Waals surface area contributed by atoms with Crippen molar-refractivity contribution in [3.8, 4) is 0 Å². The van der Waals surface area contributed by atoms with Gasteiger partial charge >= 0.3 is 6.18 Å². The number of nitrogens with two attached hydrogens (primary N) is 1. The van der Waals surface area contributed by atoms with Crippen molar-refractivity contribution >= 4 is 28.8 Å². The number of benzene rings is 2. The van der Waals surface area contributed by atoms with Crippen molar-refractivity contribution in [3.63, 3.8) is 0 Å². The number of carbonyl (C=O) groups is 2. The fraction of sp³-hybridized carbons (Fsp3) is 0.100. The highest BCUT2D eigenvalue weighted by Gasteiger charge is 2.30. The summed E-state index contributed by atoms with van der Waals surface area (Å²) in [6, 6.07) is 9.50. The molecule has 0 aromatic heterocycles. The first-order valence-electron chi connectivity index (χ1n) is 8.08. The lowest BCUT2D eigenvalue weighted by atomic mass is 10.0. The Morgan fingerprint density at radius 2 is 1.86 bits per heavy atom. The zero-order valence-electron chi connectivity index (χ0n) is 14.8. The van der Waals surface area contributed by atoms with Gasteiger partial charge in [0.2, 0.25) is 11.8 Å². The second-order valence-corrected chi connectivity index (χ2v) is 5.85. The molecule has 0 fully saturated rings. The summed E-state index contributed by atoms with van der Waals surface area (Å²) in [5.41, 5.74) is 6.06. The SMILES string of the molecule is C=CC(=O)Nc1ccc(NCc2cccc(C(F)(F)F)c2)c(C(=C)C(N)=O)c1. The third kappa shape index (κ3) is 5.23. The number of halogens is 3. The molecule has 0 aliphatic heterocycles. The van der Waals surface area contributed by atoms with Crippen molar-refractivity contribution in [1.82, 2.24) is 0 Å². The second kappa shape index (κ2) is 8.43. The number of rotatable bonds is 7. The van der Waals surface area contributed by atoms with E-state index in [0.717, 1.165) is 18.2 Å². The molecule has 2 aromatic carbocycles. The van der Waals surface area contributed by atoms with Crippen molar-refractivity contribution in [2.75, 3.05) is 10.6 Å². The van der Waals surface area contributed by atoms with E-state index in [1.807, 2.05) is 0 Å². The van der Waals surface area contributed by atoms with Crippen LogP contribution >= 0.6 is 0 Å². The zero-order chi connectivity index (χ0) is 20.9. The van der Waals surface area contributed by atoms with Gasteiger partial charge in [0.25, 0.3) is 0 Å². The summed E-state index contributed by atoms with van der Waals surface area (Å²) >= 11 is 0. The standard InChI is InChI=1S/C20H18F3N3O2/c1-3-18(27)26-15-7-8-17(16(10-15)12(2)19(24)28)25-11-13-5-4-6-14(9-13)20(21,22)23/h3-10,25H,1-2,11H2,(H2,24,28)(H,26,27). The number of primary amides is 1. The Balaban J connectivity index is 2.29. The Morgan fingerprint density at radius 3 is 2.46 bits per heavy atom. The van der Waals surface area contributed by atoms with Crippen molar-refractivity contribution in [2.45, 2.75) is 12.7 Å². The molecule has 8 heteroatoms. The average Bonchev–Trinajstić information content (AvgIpc) is 2.65. The first kappa shape index (κ1) is 20.8. The summed E-state index contributed by atoms with van der Waals surface area (Å²) in [5, 5.41) is 5.52. The molecule has 2 amide bonds. The minimum atomic E-state index is -4.44. The molecule has 2 rings (SSSR count). The Morgan fingerprint density at radius 1 is 1.14 bits per heavy atom. The van der Waals surface area contributed by atoms with Crippen LogP contribution in [0.2, 0.25) is 0 Å². The molecule has 0 heterocycles. The summed E-state index contributed by atoms with van der Waals surface area (Å²) in [6.45, 7) is 7.05. The monoisotopic (exact) mass is 389 g/mol. The zero-order valence-corrected chi connectivity index (χ0v) is 14.8. The first-order valence-corrected chi connectivity index (χ1v) is 8.08. The molecule has 0 saturated carbocycles. The molecule has 0 radical (unpaired) electrons. The number of amides is 2. The fourth-order valence-corrected chi connectivity index (χ4v) is 2.41. The molecule has 2 aromatic rings. The van der Waals surface area contributed by atoms with Crippen molar-refractivity contribution in [2.24, 2.45) is 5.73 Å². The van der Waals surface area contributed by atoms with E-state index < -0.39 is 23.6 Å². The lowest BCUT2D eigenvalue weighted by Crippen LogP contribution is -2.15. The Kier molecular flexibility index (Phi) is 6.25. The van der Waals surface area contributed by atoms with Crippen LogP contribution in [0.15, 0.2) is 61.7 Å². The van der Waals surface area contributed by atoms with E-state index in [-0.39, 0.29) is 12.1 Å². The van der Waals surface area contributed by atoms with E-state index in [2.05, 4.69) is 23.8 Å². The van der Waals surface area contributed by atoms with Crippen LogP contribution in [-0.4, -0.2) is 11.8 Å². The maximum atomic E-state index is 12.8. The highest BCUT2D eigenvalue weighted by atomic mass is 19.4. The van der Waals surface area contributed by atoms with Gasteiger partial charge in [-0.1, -0.05) is 25.3 Å². The molecule has 0 saturated heterocycles. The van der Waals surface area contributed by atoms with E-state index in [0.29, 0.717) is 22.5 Å². The highest BCUT2D eigenvalue weighted by molar-refractivity contribution is 6.19. The van der Waals surface area contributed by atoms with Gasteiger partial charge in [0.05, 0.1) is 5.56 Å². The van der Waals surface area contributed by atoms with Crippen LogP contribution < -0.4 is 16.4 Å². The van der Waals surface area contributed by atoms with E-state index >= 15 is 0 Å². The van der Waals surface area contributed by atoms with E-state index in [1.165, 1.54) is 12.1 Å². The van der Waals surface area contributed by atoms with Crippen LogP contribution in [0.5, 0.6) is 0 Å². The minimum Gasteiger partial charge on any atom is -0.380 e. The van der Waals surface area contributed by atoms with Crippen molar-refractivity contribution in [3.05, 3.63) is 78.4 Å². The molecule has 0 spiro atoms. The summed E-state index contributed by atoms with van der Waals surface area (Å²) in [4.78, 5) is 23.0. The van der Waals surface area contributed by atoms with Crippen molar-refractivity contribution < 1.29 is 22.8 Å². The van der Waals surface area contributed by atoms with Crippen LogP contribution in [0, 0.1) is 0 Å². The normalized spacial score (nSPS) is 10.8. The largest absolute Gasteiger partial charge is 0.416 e. The molecule has 5 nitrogen and oxygen atoms in total. The molecule has 4 N–H and O–H groups in total. The molecule has 0 bridgehead atoms. The number of anilines is 2.